The van der Waals surface area contributed by atoms with E-state index in [-0.39, 0.29) is 0 Å². The van der Waals surface area contributed by atoms with Crippen molar-refractivity contribution < 1.29 is 4.52 Å². The van der Waals surface area contributed by atoms with Crippen LogP contribution in [0.4, 0.5) is 0 Å². The molecular formula is C13H16N2O. The van der Waals surface area contributed by atoms with Crippen molar-refractivity contribution in [2.45, 2.75) is 26.9 Å². The highest BCUT2D eigenvalue weighted by molar-refractivity contribution is 5.29. The lowest BCUT2D eigenvalue weighted by molar-refractivity contribution is 0.408. The summed E-state index contributed by atoms with van der Waals surface area (Å²) in [7, 11) is 0. The Labute approximate surface area is 95.5 Å². The predicted octanol–water partition coefficient (Wildman–Crippen LogP) is 2.58. The van der Waals surface area contributed by atoms with Gasteiger partial charge in [-0.25, -0.2) is 0 Å². The molecule has 3 heteroatoms. The van der Waals surface area contributed by atoms with Gasteiger partial charge in [0.1, 0.15) is 6.26 Å². The second kappa shape index (κ2) is 4.94. The van der Waals surface area contributed by atoms with Crippen molar-refractivity contribution in [2.24, 2.45) is 0 Å². The molecule has 0 atom stereocenters. The van der Waals surface area contributed by atoms with Crippen molar-refractivity contribution in [1.82, 2.24) is 10.5 Å². The van der Waals surface area contributed by atoms with Crippen LogP contribution in [0.5, 0.6) is 0 Å². The van der Waals surface area contributed by atoms with Gasteiger partial charge >= 0.3 is 0 Å². The van der Waals surface area contributed by atoms with Gasteiger partial charge in [-0.2, -0.15) is 0 Å². The van der Waals surface area contributed by atoms with Crippen LogP contribution in [-0.4, -0.2) is 5.16 Å². The van der Waals surface area contributed by atoms with E-state index in [2.05, 4.69) is 42.5 Å². The minimum absolute atomic E-state index is 0.740. The number of aryl methyl sites for hydroxylation is 2. The summed E-state index contributed by atoms with van der Waals surface area (Å²) in [6, 6.07) is 8.39. The highest BCUT2D eigenvalue weighted by Crippen LogP contribution is 2.09. The first-order valence-corrected chi connectivity index (χ1v) is 5.42. The first-order chi connectivity index (χ1) is 7.75. The molecule has 2 aromatic rings. The molecule has 0 spiro atoms. The third-order valence-electron chi connectivity index (χ3n) is 2.70. The zero-order valence-corrected chi connectivity index (χ0v) is 9.66. The molecule has 1 aromatic heterocycles. The van der Waals surface area contributed by atoms with E-state index in [0.29, 0.717) is 0 Å². The third-order valence-corrected chi connectivity index (χ3v) is 2.70. The molecular weight excluding hydrogens is 200 g/mol. The number of benzene rings is 1. The van der Waals surface area contributed by atoms with Crippen molar-refractivity contribution in [2.75, 3.05) is 0 Å². The smallest absolute Gasteiger partial charge is 0.124 e. The number of hydrogen-bond acceptors (Lipinski definition) is 3. The van der Waals surface area contributed by atoms with E-state index in [1.54, 1.807) is 6.26 Å². The van der Waals surface area contributed by atoms with Gasteiger partial charge in [0.15, 0.2) is 0 Å². The molecule has 0 amide bonds. The van der Waals surface area contributed by atoms with Crippen molar-refractivity contribution in [3.63, 3.8) is 0 Å². The number of rotatable bonds is 4. The number of nitrogens with one attached hydrogen (secondary N) is 1. The lowest BCUT2D eigenvalue weighted by Crippen LogP contribution is -2.12. The van der Waals surface area contributed by atoms with E-state index in [4.69, 9.17) is 4.52 Å². The summed E-state index contributed by atoms with van der Waals surface area (Å²) in [6.45, 7) is 5.86. The minimum Gasteiger partial charge on any atom is -0.364 e. The Kier molecular flexibility index (Phi) is 3.37. The molecule has 1 aromatic carbocycles. The molecule has 0 radical (unpaired) electrons. The zero-order valence-electron chi connectivity index (χ0n) is 9.66. The van der Waals surface area contributed by atoms with Crippen LogP contribution in [-0.2, 0) is 13.1 Å². The van der Waals surface area contributed by atoms with E-state index >= 15 is 0 Å². The van der Waals surface area contributed by atoms with Crippen LogP contribution in [0.3, 0.4) is 0 Å². The van der Waals surface area contributed by atoms with E-state index in [0.717, 1.165) is 18.8 Å². The van der Waals surface area contributed by atoms with E-state index in [9.17, 15) is 0 Å². The second-order valence-electron chi connectivity index (χ2n) is 4.01. The lowest BCUT2D eigenvalue weighted by Gasteiger charge is -2.05. The van der Waals surface area contributed by atoms with Crippen LogP contribution in [0.2, 0.25) is 0 Å². The Morgan fingerprint density at radius 1 is 1.12 bits per heavy atom. The van der Waals surface area contributed by atoms with Gasteiger partial charge < -0.3 is 9.84 Å². The Hall–Kier alpha value is -1.61. The van der Waals surface area contributed by atoms with Crippen LogP contribution in [0.25, 0.3) is 0 Å². The predicted molar refractivity (Wildman–Crippen MR) is 63.0 cm³/mol. The lowest BCUT2D eigenvalue weighted by atomic mass is 10.1. The Morgan fingerprint density at radius 3 is 2.69 bits per heavy atom. The van der Waals surface area contributed by atoms with Crippen LogP contribution >= 0.6 is 0 Å². The van der Waals surface area contributed by atoms with E-state index in [1.807, 2.05) is 6.07 Å². The van der Waals surface area contributed by atoms with Crippen molar-refractivity contribution in [1.29, 1.82) is 0 Å². The Morgan fingerprint density at radius 2 is 2.00 bits per heavy atom. The van der Waals surface area contributed by atoms with Crippen molar-refractivity contribution in [3.05, 3.63) is 52.9 Å². The molecule has 1 N–H and O–H groups in total. The molecule has 84 valence electrons. The first kappa shape index (κ1) is 10.9. The fraction of sp³-hybridized carbons (Fsp3) is 0.308. The molecule has 0 aliphatic carbocycles. The molecule has 0 aliphatic rings. The molecule has 2 rings (SSSR count). The normalized spacial score (nSPS) is 10.6. The van der Waals surface area contributed by atoms with Crippen LogP contribution in [0, 0.1) is 13.8 Å². The summed E-state index contributed by atoms with van der Waals surface area (Å²) in [5, 5.41) is 7.17. The SMILES string of the molecule is Cc1ccc(CNCc2ccon2)cc1C. The number of nitrogens with zero attached hydrogens (tertiary/aromatic N) is 1. The van der Waals surface area contributed by atoms with Gasteiger partial charge in [-0.1, -0.05) is 23.4 Å². The average molecular weight is 216 g/mol. The minimum atomic E-state index is 0.740. The average Bonchev–Trinajstić information content (AvgIpc) is 2.76. The van der Waals surface area contributed by atoms with Gasteiger partial charge in [-0.15, -0.1) is 0 Å². The van der Waals surface area contributed by atoms with Crippen LogP contribution in [0.1, 0.15) is 22.4 Å². The monoisotopic (exact) mass is 216 g/mol. The summed E-state index contributed by atoms with van der Waals surface area (Å²) < 4.78 is 4.76. The van der Waals surface area contributed by atoms with Gasteiger partial charge in [0.25, 0.3) is 0 Å². The summed E-state index contributed by atoms with van der Waals surface area (Å²) in [6.07, 6.45) is 1.59. The van der Waals surface area contributed by atoms with Crippen molar-refractivity contribution >= 4 is 0 Å². The molecule has 0 saturated heterocycles. The highest BCUT2D eigenvalue weighted by Gasteiger charge is 1.98. The Balaban J connectivity index is 1.87. The van der Waals surface area contributed by atoms with E-state index < -0.39 is 0 Å². The zero-order chi connectivity index (χ0) is 11.4. The van der Waals surface area contributed by atoms with Crippen LogP contribution in [0.15, 0.2) is 35.1 Å². The number of hydrogen-bond donors (Lipinski definition) is 1. The maximum atomic E-state index is 4.76. The molecule has 0 saturated carbocycles. The largest absolute Gasteiger partial charge is 0.364 e. The molecule has 0 aliphatic heterocycles. The molecule has 1 heterocycles. The fourth-order valence-corrected chi connectivity index (χ4v) is 1.58. The Bertz CT molecular complexity index is 449. The first-order valence-electron chi connectivity index (χ1n) is 5.42. The van der Waals surface area contributed by atoms with Crippen LogP contribution < -0.4 is 5.32 Å². The van der Waals surface area contributed by atoms with Gasteiger partial charge in [-0.3, -0.25) is 0 Å². The summed E-state index contributed by atoms with van der Waals surface area (Å²) in [5.41, 5.74) is 4.90. The standard InChI is InChI=1S/C13H16N2O/c1-10-3-4-12(7-11(10)2)8-14-9-13-5-6-16-15-13/h3-7,14H,8-9H2,1-2H3. The van der Waals surface area contributed by atoms with Gasteiger partial charge in [0.2, 0.25) is 0 Å². The fourth-order valence-electron chi connectivity index (χ4n) is 1.58. The van der Waals surface area contributed by atoms with Gasteiger partial charge in [-0.05, 0) is 30.5 Å². The van der Waals surface area contributed by atoms with Gasteiger partial charge in [0.05, 0.1) is 5.69 Å². The summed E-state index contributed by atoms with van der Waals surface area (Å²) in [4.78, 5) is 0. The highest BCUT2D eigenvalue weighted by atomic mass is 16.5. The maximum absolute atomic E-state index is 4.76. The van der Waals surface area contributed by atoms with Crippen molar-refractivity contribution in [3.8, 4) is 0 Å². The summed E-state index contributed by atoms with van der Waals surface area (Å²) in [5.74, 6) is 0. The molecule has 0 fully saturated rings. The second-order valence-corrected chi connectivity index (χ2v) is 4.01. The third kappa shape index (κ3) is 2.70. The maximum Gasteiger partial charge on any atom is 0.124 e. The molecule has 0 unspecified atom stereocenters. The van der Waals surface area contributed by atoms with Gasteiger partial charge in [0, 0.05) is 19.2 Å². The van der Waals surface area contributed by atoms with E-state index in [1.165, 1.54) is 16.7 Å². The topological polar surface area (TPSA) is 38.1 Å². The molecule has 0 bridgehead atoms. The molecule has 16 heavy (non-hydrogen) atoms. The summed E-state index contributed by atoms with van der Waals surface area (Å²) >= 11 is 0. The number of aromatic nitrogens is 1. The quantitative estimate of drug-likeness (QED) is 0.853. The molecule has 3 nitrogen and oxygen atoms in total.